The minimum atomic E-state index is -0.755. The maximum Gasteiger partial charge on any atom is 0.419 e. The van der Waals surface area contributed by atoms with Gasteiger partial charge < -0.3 is 24.7 Å². The van der Waals surface area contributed by atoms with Crippen molar-refractivity contribution in [3.05, 3.63) is 58.6 Å². The van der Waals surface area contributed by atoms with Gasteiger partial charge in [-0.3, -0.25) is 14.2 Å². The second-order valence-electron chi connectivity index (χ2n) is 8.65. The second-order valence-corrected chi connectivity index (χ2v) is 8.65. The maximum atomic E-state index is 13.1. The van der Waals surface area contributed by atoms with Crippen molar-refractivity contribution in [3.8, 4) is 5.75 Å². The SMILES string of the molecule is CCOc1ccc(C(=O)NC(C(=O)Nc2ccc3oc(=O)n(CCN(C)C)c3c2)C(C)C)cc1. The summed E-state index contributed by atoms with van der Waals surface area (Å²) in [6.45, 7) is 7.28. The van der Waals surface area contributed by atoms with Gasteiger partial charge in [-0.25, -0.2) is 4.79 Å². The molecule has 0 spiro atoms. The fourth-order valence-corrected chi connectivity index (χ4v) is 3.50. The molecule has 3 rings (SSSR count). The quantitative estimate of drug-likeness (QED) is 0.474. The van der Waals surface area contributed by atoms with Crippen LogP contribution in [0, 0.1) is 5.92 Å². The Hall–Kier alpha value is -3.59. The van der Waals surface area contributed by atoms with E-state index in [2.05, 4.69) is 10.6 Å². The van der Waals surface area contributed by atoms with Crippen molar-refractivity contribution < 1.29 is 18.7 Å². The number of fused-ring (bicyclic) bond motifs is 1. The molecule has 182 valence electrons. The number of anilines is 1. The molecule has 9 nitrogen and oxygen atoms in total. The molecular weight excluding hydrogens is 436 g/mol. The van der Waals surface area contributed by atoms with E-state index in [0.29, 0.717) is 47.8 Å². The van der Waals surface area contributed by atoms with Crippen LogP contribution in [0.2, 0.25) is 0 Å². The molecule has 1 heterocycles. The summed E-state index contributed by atoms with van der Waals surface area (Å²) in [6.07, 6.45) is 0. The van der Waals surface area contributed by atoms with Crippen LogP contribution in [0.4, 0.5) is 5.69 Å². The zero-order valence-electron chi connectivity index (χ0n) is 20.3. The Kier molecular flexibility index (Phi) is 8.12. The highest BCUT2D eigenvalue weighted by molar-refractivity contribution is 6.01. The number of carbonyl (C=O) groups excluding carboxylic acids is 2. The van der Waals surface area contributed by atoms with Crippen LogP contribution in [0.15, 0.2) is 51.7 Å². The van der Waals surface area contributed by atoms with Gasteiger partial charge in [0.1, 0.15) is 11.8 Å². The molecule has 0 saturated heterocycles. The minimum absolute atomic E-state index is 0.150. The van der Waals surface area contributed by atoms with Gasteiger partial charge in [-0.2, -0.15) is 0 Å². The van der Waals surface area contributed by atoms with Crippen molar-refractivity contribution in [2.24, 2.45) is 5.92 Å². The summed E-state index contributed by atoms with van der Waals surface area (Å²) in [5.41, 5.74) is 2.00. The summed E-state index contributed by atoms with van der Waals surface area (Å²) in [4.78, 5) is 40.0. The molecular formula is C25H32N4O5. The lowest BCUT2D eigenvalue weighted by molar-refractivity contribution is -0.118. The Morgan fingerprint density at radius 1 is 1.12 bits per heavy atom. The predicted octanol–water partition coefficient (Wildman–Crippen LogP) is 2.95. The first-order valence-corrected chi connectivity index (χ1v) is 11.3. The normalized spacial score (nSPS) is 12.2. The fourth-order valence-electron chi connectivity index (χ4n) is 3.50. The van der Waals surface area contributed by atoms with E-state index in [1.807, 2.05) is 39.8 Å². The Bertz CT molecular complexity index is 1190. The van der Waals surface area contributed by atoms with E-state index in [-0.39, 0.29) is 17.7 Å². The fraction of sp³-hybridized carbons (Fsp3) is 0.400. The molecule has 0 aliphatic carbocycles. The van der Waals surface area contributed by atoms with Crippen LogP contribution in [-0.2, 0) is 11.3 Å². The molecule has 2 N–H and O–H groups in total. The highest BCUT2D eigenvalue weighted by Gasteiger charge is 2.25. The number of aromatic nitrogens is 1. The van der Waals surface area contributed by atoms with Gasteiger partial charge in [-0.05, 0) is 69.4 Å². The molecule has 9 heteroatoms. The van der Waals surface area contributed by atoms with Crippen LogP contribution in [0.25, 0.3) is 11.1 Å². The summed E-state index contributed by atoms with van der Waals surface area (Å²) in [5, 5.41) is 5.68. The van der Waals surface area contributed by atoms with Crippen LogP contribution in [0.1, 0.15) is 31.1 Å². The summed E-state index contributed by atoms with van der Waals surface area (Å²) < 4.78 is 12.3. The van der Waals surface area contributed by atoms with E-state index in [4.69, 9.17) is 9.15 Å². The third-order valence-corrected chi connectivity index (χ3v) is 5.37. The molecule has 2 amide bonds. The van der Waals surface area contributed by atoms with Gasteiger partial charge in [0.15, 0.2) is 5.58 Å². The van der Waals surface area contributed by atoms with Gasteiger partial charge in [-0.15, -0.1) is 0 Å². The number of ether oxygens (including phenoxy) is 1. The number of hydrogen-bond acceptors (Lipinski definition) is 6. The van der Waals surface area contributed by atoms with Crippen LogP contribution < -0.4 is 21.1 Å². The average molecular weight is 469 g/mol. The Balaban J connectivity index is 1.75. The van der Waals surface area contributed by atoms with E-state index in [9.17, 15) is 14.4 Å². The van der Waals surface area contributed by atoms with Crippen LogP contribution in [-0.4, -0.2) is 54.6 Å². The van der Waals surface area contributed by atoms with E-state index in [1.165, 1.54) is 0 Å². The molecule has 1 aromatic heterocycles. The maximum absolute atomic E-state index is 13.1. The van der Waals surface area contributed by atoms with E-state index < -0.39 is 11.8 Å². The van der Waals surface area contributed by atoms with Crippen molar-refractivity contribution in [1.29, 1.82) is 0 Å². The van der Waals surface area contributed by atoms with Gasteiger partial charge >= 0.3 is 5.76 Å². The van der Waals surface area contributed by atoms with Gasteiger partial charge in [-0.1, -0.05) is 13.8 Å². The first-order valence-electron chi connectivity index (χ1n) is 11.3. The number of hydrogen-bond donors (Lipinski definition) is 2. The molecule has 3 aromatic rings. The number of nitrogens with zero attached hydrogens (tertiary/aromatic N) is 2. The Morgan fingerprint density at radius 3 is 2.44 bits per heavy atom. The van der Waals surface area contributed by atoms with Gasteiger partial charge in [0.2, 0.25) is 5.91 Å². The average Bonchev–Trinajstić information content (AvgIpc) is 3.10. The van der Waals surface area contributed by atoms with Crippen molar-refractivity contribution >= 4 is 28.6 Å². The topological polar surface area (TPSA) is 106 Å². The summed E-state index contributed by atoms with van der Waals surface area (Å²) in [6, 6.07) is 11.0. The zero-order valence-corrected chi connectivity index (χ0v) is 20.3. The minimum Gasteiger partial charge on any atom is -0.494 e. The van der Waals surface area contributed by atoms with Crippen LogP contribution >= 0.6 is 0 Å². The monoisotopic (exact) mass is 468 g/mol. The number of oxazole rings is 1. The zero-order chi connectivity index (χ0) is 24.8. The van der Waals surface area contributed by atoms with Crippen LogP contribution in [0.5, 0.6) is 5.75 Å². The lowest BCUT2D eigenvalue weighted by Crippen LogP contribution is -2.47. The molecule has 0 aliphatic heterocycles. The number of likely N-dealkylation sites (N-methyl/N-ethyl adjacent to an activating group) is 1. The molecule has 2 aromatic carbocycles. The molecule has 34 heavy (non-hydrogen) atoms. The first kappa shape index (κ1) is 25.0. The smallest absolute Gasteiger partial charge is 0.419 e. The summed E-state index contributed by atoms with van der Waals surface area (Å²) in [5.74, 6) is -0.611. The molecule has 1 unspecified atom stereocenters. The van der Waals surface area contributed by atoms with Gasteiger partial charge in [0.05, 0.1) is 12.1 Å². The van der Waals surface area contributed by atoms with Crippen LogP contribution in [0.3, 0.4) is 0 Å². The number of rotatable bonds is 10. The molecule has 1 atom stereocenters. The lowest BCUT2D eigenvalue weighted by atomic mass is 10.0. The number of carbonyl (C=O) groups is 2. The molecule has 0 radical (unpaired) electrons. The number of nitrogens with one attached hydrogen (secondary N) is 2. The highest BCUT2D eigenvalue weighted by atomic mass is 16.5. The number of benzene rings is 2. The van der Waals surface area contributed by atoms with Crippen molar-refractivity contribution in [3.63, 3.8) is 0 Å². The van der Waals surface area contributed by atoms with Crippen molar-refractivity contribution in [2.45, 2.75) is 33.4 Å². The van der Waals surface area contributed by atoms with Crippen molar-refractivity contribution in [1.82, 2.24) is 14.8 Å². The summed E-state index contributed by atoms with van der Waals surface area (Å²) in [7, 11) is 3.85. The second kappa shape index (κ2) is 11.0. The summed E-state index contributed by atoms with van der Waals surface area (Å²) >= 11 is 0. The third kappa shape index (κ3) is 6.05. The molecule has 0 aliphatic rings. The molecule has 0 fully saturated rings. The molecule has 0 bridgehead atoms. The largest absolute Gasteiger partial charge is 0.494 e. The Labute approximate surface area is 198 Å². The first-order chi connectivity index (χ1) is 16.2. The van der Waals surface area contributed by atoms with E-state index in [1.54, 1.807) is 47.0 Å². The molecule has 0 saturated carbocycles. The van der Waals surface area contributed by atoms with E-state index in [0.717, 1.165) is 0 Å². The Morgan fingerprint density at radius 2 is 1.82 bits per heavy atom. The standard InChI is InChI=1S/C25H32N4O5/c1-6-33-19-10-7-17(8-11-19)23(30)27-22(16(2)3)24(31)26-18-9-12-21-20(15-18)29(25(32)34-21)14-13-28(4)5/h7-12,15-16,22H,6,13-14H2,1-5H3,(H,26,31)(H,27,30). The highest BCUT2D eigenvalue weighted by Crippen LogP contribution is 2.20. The van der Waals surface area contributed by atoms with Crippen molar-refractivity contribution in [2.75, 3.05) is 32.6 Å². The predicted molar refractivity (Wildman–Crippen MR) is 131 cm³/mol. The number of amides is 2. The lowest BCUT2D eigenvalue weighted by Gasteiger charge is -2.22. The van der Waals surface area contributed by atoms with E-state index >= 15 is 0 Å². The van der Waals surface area contributed by atoms with Gasteiger partial charge in [0, 0.05) is 24.3 Å². The van der Waals surface area contributed by atoms with Gasteiger partial charge in [0.25, 0.3) is 5.91 Å². The third-order valence-electron chi connectivity index (χ3n) is 5.37.